The van der Waals surface area contributed by atoms with Crippen molar-refractivity contribution in [1.82, 2.24) is 0 Å². The first kappa shape index (κ1) is 13.2. The van der Waals surface area contributed by atoms with Gasteiger partial charge < -0.3 is 14.6 Å². The molecule has 1 rings (SSSR count). The molecule has 0 fully saturated rings. The maximum atomic E-state index is 10.7. The molecule has 0 radical (unpaired) electrons. The zero-order chi connectivity index (χ0) is 11.8. The van der Waals surface area contributed by atoms with Gasteiger partial charge in [-0.3, -0.25) is 4.79 Å². The Kier molecular flexibility index (Phi) is 6.07. The number of halogens is 1. The van der Waals surface area contributed by atoms with Crippen LogP contribution >= 0.6 is 15.9 Å². The van der Waals surface area contributed by atoms with E-state index >= 15 is 0 Å². The van der Waals surface area contributed by atoms with Gasteiger partial charge in [0, 0.05) is 4.47 Å². The summed E-state index contributed by atoms with van der Waals surface area (Å²) >= 11 is 3.27. The van der Waals surface area contributed by atoms with E-state index in [0.717, 1.165) is 10.8 Å². The van der Waals surface area contributed by atoms with Gasteiger partial charge in [0.15, 0.2) is 6.29 Å². The van der Waals surface area contributed by atoms with Crippen LogP contribution in [0.5, 0.6) is 5.75 Å². The van der Waals surface area contributed by atoms with E-state index in [1.165, 1.54) is 0 Å². The SMILES string of the molecule is O=Cc1cc(Br)ccc1OCCOCCO. The fourth-order valence-corrected chi connectivity index (χ4v) is 1.50. The number of hydrogen-bond acceptors (Lipinski definition) is 4. The number of rotatable bonds is 7. The summed E-state index contributed by atoms with van der Waals surface area (Å²) < 4.78 is 11.2. The van der Waals surface area contributed by atoms with Crippen LogP contribution in [-0.4, -0.2) is 37.8 Å². The van der Waals surface area contributed by atoms with E-state index in [2.05, 4.69) is 15.9 Å². The van der Waals surface area contributed by atoms with Crippen LogP contribution in [0, 0.1) is 0 Å². The van der Waals surface area contributed by atoms with Crippen LogP contribution in [0.2, 0.25) is 0 Å². The Hall–Kier alpha value is -0.910. The van der Waals surface area contributed by atoms with E-state index in [-0.39, 0.29) is 6.61 Å². The van der Waals surface area contributed by atoms with E-state index < -0.39 is 0 Å². The minimum absolute atomic E-state index is 0.00211. The highest BCUT2D eigenvalue weighted by Gasteiger charge is 2.03. The van der Waals surface area contributed by atoms with Gasteiger partial charge in [-0.2, -0.15) is 0 Å². The molecule has 0 bridgehead atoms. The third-order valence-corrected chi connectivity index (χ3v) is 2.31. The van der Waals surface area contributed by atoms with Crippen molar-refractivity contribution in [3.8, 4) is 5.75 Å². The van der Waals surface area contributed by atoms with Crippen LogP contribution in [-0.2, 0) is 4.74 Å². The number of hydrogen-bond donors (Lipinski definition) is 1. The molecule has 0 aromatic heterocycles. The number of benzene rings is 1. The summed E-state index contributed by atoms with van der Waals surface area (Å²) in [7, 11) is 0. The maximum Gasteiger partial charge on any atom is 0.153 e. The molecule has 16 heavy (non-hydrogen) atoms. The maximum absolute atomic E-state index is 10.7. The summed E-state index contributed by atoms with van der Waals surface area (Å²) in [6, 6.07) is 5.22. The van der Waals surface area contributed by atoms with E-state index in [9.17, 15) is 4.79 Å². The Morgan fingerprint density at radius 1 is 1.31 bits per heavy atom. The molecule has 0 heterocycles. The molecule has 5 heteroatoms. The number of aliphatic hydroxyl groups excluding tert-OH is 1. The summed E-state index contributed by atoms with van der Waals surface area (Å²) in [5.41, 5.74) is 0.497. The highest BCUT2D eigenvalue weighted by atomic mass is 79.9. The molecule has 0 spiro atoms. The quantitative estimate of drug-likeness (QED) is 0.612. The van der Waals surface area contributed by atoms with E-state index in [4.69, 9.17) is 14.6 Å². The molecule has 0 amide bonds. The topological polar surface area (TPSA) is 55.8 Å². The molecule has 0 atom stereocenters. The second-order valence-electron chi connectivity index (χ2n) is 2.98. The minimum atomic E-state index is -0.00211. The zero-order valence-corrected chi connectivity index (χ0v) is 10.3. The van der Waals surface area contributed by atoms with E-state index in [1.54, 1.807) is 18.2 Å². The number of aldehydes is 1. The summed E-state index contributed by atoms with van der Waals surface area (Å²) in [6.07, 6.45) is 0.745. The normalized spacial score (nSPS) is 10.1. The standard InChI is InChI=1S/C11H13BrO4/c12-10-1-2-11(9(7-10)8-14)16-6-5-15-4-3-13/h1-2,7-8,13H,3-6H2. The van der Waals surface area contributed by atoms with Crippen LogP contribution in [0.15, 0.2) is 22.7 Å². The fraction of sp³-hybridized carbons (Fsp3) is 0.364. The predicted octanol–water partition coefficient (Wildman–Crippen LogP) is 1.65. The molecule has 88 valence electrons. The summed E-state index contributed by atoms with van der Waals surface area (Å²) in [5.74, 6) is 0.533. The molecule has 0 aliphatic heterocycles. The van der Waals surface area contributed by atoms with Crippen molar-refractivity contribution in [3.63, 3.8) is 0 Å². The Labute approximate surface area is 102 Å². The average molecular weight is 289 g/mol. The lowest BCUT2D eigenvalue weighted by molar-refractivity contribution is 0.0702. The minimum Gasteiger partial charge on any atom is -0.490 e. The molecule has 1 N–H and O–H groups in total. The zero-order valence-electron chi connectivity index (χ0n) is 8.69. The lowest BCUT2D eigenvalue weighted by Gasteiger charge is -2.08. The van der Waals surface area contributed by atoms with Crippen LogP contribution in [0.25, 0.3) is 0 Å². The van der Waals surface area contributed by atoms with Gasteiger partial charge in [0.2, 0.25) is 0 Å². The van der Waals surface area contributed by atoms with Crippen molar-refractivity contribution in [2.24, 2.45) is 0 Å². The van der Waals surface area contributed by atoms with Gasteiger partial charge >= 0.3 is 0 Å². The summed E-state index contributed by atoms with van der Waals surface area (Å²) in [4.78, 5) is 10.7. The number of carbonyl (C=O) groups excluding carboxylic acids is 1. The third-order valence-electron chi connectivity index (χ3n) is 1.82. The van der Waals surface area contributed by atoms with Gasteiger partial charge in [0.25, 0.3) is 0 Å². The summed E-state index contributed by atoms with van der Waals surface area (Å²) in [6.45, 7) is 1.03. The van der Waals surface area contributed by atoms with Crippen molar-refractivity contribution < 1.29 is 19.4 Å². The molecular formula is C11H13BrO4. The molecular weight excluding hydrogens is 276 g/mol. The third kappa shape index (κ3) is 4.30. The molecule has 0 unspecified atom stereocenters. The second kappa shape index (κ2) is 7.38. The molecule has 0 aliphatic rings. The predicted molar refractivity (Wildman–Crippen MR) is 62.9 cm³/mol. The highest BCUT2D eigenvalue weighted by Crippen LogP contribution is 2.21. The first-order chi connectivity index (χ1) is 7.77. The van der Waals surface area contributed by atoms with Crippen molar-refractivity contribution in [2.75, 3.05) is 26.4 Å². The summed E-state index contributed by atoms with van der Waals surface area (Å²) in [5, 5.41) is 8.48. The molecule has 1 aromatic carbocycles. The lowest BCUT2D eigenvalue weighted by Crippen LogP contribution is -2.09. The van der Waals surface area contributed by atoms with Crippen molar-refractivity contribution >= 4 is 22.2 Å². The van der Waals surface area contributed by atoms with Gasteiger partial charge in [-0.05, 0) is 18.2 Å². The molecule has 0 saturated carbocycles. The monoisotopic (exact) mass is 288 g/mol. The number of carbonyl (C=O) groups is 1. The first-order valence-corrected chi connectivity index (χ1v) is 5.63. The first-order valence-electron chi connectivity index (χ1n) is 4.84. The Bertz CT molecular complexity index is 341. The van der Waals surface area contributed by atoms with Gasteiger partial charge in [-0.15, -0.1) is 0 Å². The molecule has 4 nitrogen and oxygen atoms in total. The van der Waals surface area contributed by atoms with Gasteiger partial charge in [0.1, 0.15) is 12.4 Å². The average Bonchev–Trinajstić information content (AvgIpc) is 2.30. The van der Waals surface area contributed by atoms with Gasteiger partial charge in [-0.1, -0.05) is 15.9 Å². The van der Waals surface area contributed by atoms with Crippen molar-refractivity contribution in [2.45, 2.75) is 0 Å². The van der Waals surface area contributed by atoms with Crippen LogP contribution in [0.1, 0.15) is 10.4 Å². The van der Waals surface area contributed by atoms with E-state index in [1.807, 2.05) is 0 Å². The fourth-order valence-electron chi connectivity index (χ4n) is 1.12. The van der Waals surface area contributed by atoms with Crippen LogP contribution in [0.4, 0.5) is 0 Å². The number of ether oxygens (including phenoxy) is 2. The highest BCUT2D eigenvalue weighted by molar-refractivity contribution is 9.10. The second-order valence-corrected chi connectivity index (χ2v) is 3.90. The van der Waals surface area contributed by atoms with Crippen molar-refractivity contribution in [3.05, 3.63) is 28.2 Å². The Morgan fingerprint density at radius 3 is 2.81 bits per heavy atom. The van der Waals surface area contributed by atoms with Crippen molar-refractivity contribution in [1.29, 1.82) is 0 Å². The molecule has 0 aliphatic carbocycles. The molecule has 1 aromatic rings. The molecule has 0 saturated heterocycles. The van der Waals surface area contributed by atoms with Gasteiger partial charge in [0.05, 0.1) is 25.4 Å². The smallest absolute Gasteiger partial charge is 0.153 e. The van der Waals surface area contributed by atoms with Gasteiger partial charge in [-0.25, -0.2) is 0 Å². The van der Waals surface area contributed by atoms with Crippen LogP contribution < -0.4 is 4.74 Å². The largest absolute Gasteiger partial charge is 0.490 e. The Balaban J connectivity index is 2.44. The lowest BCUT2D eigenvalue weighted by atomic mass is 10.2. The van der Waals surface area contributed by atoms with Crippen LogP contribution in [0.3, 0.4) is 0 Å². The number of aliphatic hydroxyl groups is 1. The Morgan fingerprint density at radius 2 is 2.12 bits per heavy atom. The van der Waals surface area contributed by atoms with E-state index in [0.29, 0.717) is 31.1 Å².